The molecule has 1 heterocycles. The summed E-state index contributed by atoms with van der Waals surface area (Å²) in [5, 5.41) is 5.96. The summed E-state index contributed by atoms with van der Waals surface area (Å²) in [5.74, 6) is 0.624. The monoisotopic (exact) mass is 228 g/mol. The van der Waals surface area contributed by atoms with E-state index in [0.29, 0.717) is 12.0 Å². The van der Waals surface area contributed by atoms with Gasteiger partial charge in [-0.1, -0.05) is 38.5 Å². The number of nitrogens with one attached hydrogen (secondary N) is 1. The van der Waals surface area contributed by atoms with Crippen LogP contribution < -0.4 is 5.32 Å². The molecule has 0 fully saturated rings. The van der Waals surface area contributed by atoms with Gasteiger partial charge in [0.2, 0.25) is 0 Å². The van der Waals surface area contributed by atoms with Crippen LogP contribution >= 0.6 is 0 Å². The third-order valence-electron chi connectivity index (χ3n) is 3.57. The Balaban J connectivity index is 2.53. The van der Waals surface area contributed by atoms with Gasteiger partial charge in [0.25, 0.3) is 0 Å². The van der Waals surface area contributed by atoms with Crippen LogP contribution in [0.4, 0.5) is 0 Å². The van der Waals surface area contributed by atoms with Gasteiger partial charge in [0.05, 0.1) is 0 Å². The van der Waals surface area contributed by atoms with Crippen molar-refractivity contribution in [1.29, 1.82) is 0 Å². The first-order chi connectivity index (χ1) is 8.27. The Bertz CT molecular complexity index is 488. The lowest BCUT2D eigenvalue weighted by molar-refractivity contribution is 0.403. The number of fused-ring (bicyclic) bond motifs is 1. The zero-order valence-electron chi connectivity index (χ0n) is 10.8. The average Bonchev–Trinajstić information content (AvgIpc) is 2.39. The van der Waals surface area contributed by atoms with Gasteiger partial charge in [-0.3, -0.25) is 4.98 Å². The molecule has 0 bridgehead atoms. The molecule has 0 aliphatic carbocycles. The molecule has 1 aromatic heterocycles. The van der Waals surface area contributed by atoms with Gasteiger partial charge < -0.3 is 5.32 Å². The van der Waals surface area contributed by atoms with Crippen LogP contribution in [-0.2, 0) is 0 Å². The number of pyridine rings is 1. The second kappa shape index (κ2) is 5.28. The summed E-state index contributed by atoms with van der Waals surface area (Å²) in [7, 11) is 2.04. The van der Waals surface area contributed by atoms with Gasteiger partial charge >= 0.3 is 0 Å². The van der Waals surface area contributed by atoms with Crippen LogP contribution in [0.5, 0.6) is 0 Å². The van der Waals surface area contributed by atoms with Crippen molar-refractivity contribution in [2.24, 2.45) is 5.92 Å². The van der Waals surface area contributed by atoms with Gasteiger partial charge in [-0.05, 0) is 30.0 Å². The Morgan fingerprint density at radius 3 is 2.82 bits per heavy atom. The number of aromatic nitrogens is 1. The van der Waals surface area contributed by atoms with E-state index in [4.69, 9.17) is 0 Å². The third kappa shape index (κ3) is 2.32. The van der Waals surface area contributed by atoms with Crippen molar-refractivity contribution < 1.29 is 0 Å². The second-order valence-electron chi connectivity index (χ2n) is 4.60. The molecule has 1 N–H and O–H groups in total. The summed E-state index contributed by atoms with van der Waals surface area (Å²) >= 11 is 0. The van der Waals surface area contributed by atoms with E-state index < -0.39 is 0 Å². The van der Waals surface area contributed by atoms with Crippen molar-refractivity contribution in [2.45, 2.75) is 26.3 Å². The summed E-state index contributed by atoms with van der Waals surface area (Å²) in [6.07, 6.45) is 4.98. The van der Waals surface area contributed by atoms with Crippen LogP contribution in [0.3, 0.4) is 0 Å². The van der Waals surface area contributed by atoms with Crippen molar-refractivity contribution in [3.05, 3.63) is 42.2 Å². The zero-order chi connectivity index (χ0) is 12.3. The number of nitrogens with zero attached hydrogens (tertiary/aromatic N) is 1. The van der Waals surface area contributed by atoms with E-state index in [2.05, 4.69) is 48.4 Å². The Labute approximate surface area is 103 Å². The number of rotatable bonds is 4. The van der Waals surface area contributed by atoms with Crippen LogP contribution in [0.15, 0.2) is 36.7 Å². The molecule has 1 aromatic carbocycles. The first kappa shape index (κ1) is 12.1. The van der Waals surface area contributed by atoms with Crippen LogP contribution in [0.1, 0.15) is 31.9 Å². The highest BCUT2D eigenvalue weighted by molar-refractivity contribution is 5.85. The van der Waals surface area contributed by atoms with E-state index in [1.165, 1.54) is 22.8 Å². The molecule has 2 rings (SSSR count). The van der Waals surface area contributed by atoms with E-state index in [-0.39, 0.29) is 0 Å². The lowest BCUT2D eigenvalue weighted by atomic mass is 9.90. The highest BCUT2D eigenvalue weighted by atomic mass is 14.9. The quantitative estimate of drug-likeness (QED) is 0.865. The molecular formula is C15H20N2. The second-order valence-corrected chi connectivity index (χ2v) is 4.60. The molecular weight excluding hydrogens is 208 g/mol. The minimum absolute atomic E-state index is 0.408. The molecule has 2 atom stereocenters. The van der Waals surface area contributed by atoms with Crippen molar-refractivity contribution in [3.8, 4) is 0 Å². The molecule has 0 saturated heterocycles. The maximum absolute atomic E-state index is 4.18. The summed E-state index contributed by atoms with van der Waals surface area (Å²) in [4.78, 5) is 4.18. The smallest absolute Gasteiger partial charge is 0.0349 e. The Hall–Kier alpha value is -1.41. The molecule has 2 nitrogen and oxygen atoms in total. The van der Waals surface area contributed by atoms with Gasteiger partial charge in [-0.15, -0.1) is 0 Å². The van der Waals surface area contributed by atoms with Crippen LogP contribution in [0.25, 0.3) is 10.8 Å². The number of hydrogen-bond donors (Lipinski definition) is 1. The van der Waals surface area contributed by atoms with Crippen molar-refractivity contribution in [1.82, 2.24) is 10.3 Å². The highest BCUT2D eigenvalue weighted by Crippen LogP contribution is 2.29. The van der Waals surface area contributed by atoms with Gasteiger partial charge in [0, 0.05) is 23.8 Å². The van der Waals surface area contributed by atoms with Crippen molar-refractivity contribution in [2.75, 3.05) is 7.05 Å². The molecule has 0 saturated carbocycles. The Morgan fingerprint density at radius 2 is 2.12 bits per heavy atom. The maximum atomic E-state index is 4.18. The topological polar surface area (TPSA) is 24.9 Å². The van der Waals surface area contributed by atoms with E-state index in [1.807, 2.05) is 19.4 Å². The minimum Gasteiger partial charge on any atom is -0.313 e. The maximum Gasteiger partial charge on any atom is 0.0349 e. The molecule has 2 unspecified atom stereocenters. The molecule has 0 amide bonds. The normalized spacial score (nSPS) is 14.8. The van der Waals surface area contributed by atoms with Gasteiger partial charge in [0.15, 0.2) is 0 Å². The van der Waals surface area contributed by atoms with Crippen LogP contribution in [0.2, 0.25) is 0 Å². The number of benzene rings is 1. The number of hydrogen-bond acceptors (Lipinski definition) is 2. The summed E-state index contributed by atoms with van der Waals surface area (Å²) in [6, 6.07) is 8.97. The Morgan fingerprint density at radius 1 is 1.29 bits per heavy atom. The lowest BCUT2D eigenvalue weighted by Crippen LogP contribution is -2.23. The Kier molecular flexibility index (Phi) is 3.75. The van der Waals surface area contributed by atoms with E-state index in [0.717, 1.165) is 0 Å². The van der Waals surface area contributed by atoms with Gasteiger partial charge in [-0.2, -0.15) is 0 Å². The molecule has 90 valence electrons. The van der Waals surface area contributed by atoms with Gasteiger partial charge in [0.1, 0.15) is 0 Å². The van der Waals surface area contributed by atoms with E-state index in [9.17, 15) is 0 Å². The summed E-state index contributed by atoms with van der Waals surface area (Å²) < 4.78 is 0. The molecule has 0 radical (unpaired) electrons. The largest absolute Gasteiger partial charge is 0.313 e. The van der Waals surface area contributed by atoms with E-state index >= 15 is 0 Å². The fraction of sp³-hybridized carbons (Fsp3) is 0.400. The predicted molar refractivity (Wildman–Crippen MR) is 73.0 cm³/mol. The fourth-order valence-corrected chi connectivity index (χ4v) is 2.40. The highest BCUT2D eigenvalue weighted by Gasteiger charge is 2.17. The minimum atomic E-state index is 0.408. The molecule has 17 heavy (non-hydrogen) atoms. The third-order valence-corrected chi connectivity index (χ3v) is 3.57. The molecule has 2 aromatic rings. The molecule has 0 aliphatic heterocycles. The standard InChI is InChI=1S/C15H20N2/c1-4-11(2)15(16-3)14-7-5-6-12-10-17-9-8-13(12)14/h5-11,15-16H,4H2,1-3H3. The van der Waals surface area contributed by atoms with Crippen LogP contribution in [0, 0.1) is 5.92 Å². The fourth-order valence-electron chi connectivity index (χ4n) is 2.40. The first-order valence-corrected chi connectivity index (χ1v) is 6.27. The molecule has 0 aliphatic rings. The lowest BCUT2D eigenvalue weighted by Gasteiger charge is -2.24. The van der Waals surface area contributed by atoms with E-state index in [1.54, 1.807) is 0 Å². The van der Waals surface area contributed by atoms with Gasteiger partial charge in [-0.25, -0.2) is 0 Å². The molecule has 0 spiro atoms. The average molecular weight is 228 g/mol. The first-order valence-electron chi connectivity index (χ1n) is 6.27. The zero-order valence-corrected chi connectivity index (χ0v) is 10.8. The summed E-state index contributed by atoms with van der Waals surface area (Å²) in [6.45, 7) is 4.53. The predicted octanol–water partition coefficient (Wildman–Crippen LogP) is 3.54. The SMILES string of the molecule is CCC(C)C(NC)c1cccc2cnccc12. The van der Waals surface area contributed by atoms with Crippen molar-refractivity contribution in [3.63, 3.8) is 0 Å². The van der Waals surface area contributed by atoms with Crippen molar-refractivity contribution >= 4 is 10.8 Å². The van der Waals surface area contributed by atoms with Crippen LogP contribution in [-0.4, -0.2) is 12.0 Å². The molecule has 2 heteroatoms. The summed E-state index contributed by atoms with van der Waals surface area (Å²) in [5.41, 5.74) is 1.38.